The molecule has 0 radical (unpaired) electrons. The maximum absolute atomic E-state index is 12.9. The Morgan fingerprint density at radius 3 is 1.91 bits per heavy atom. The van der Waals surface area contributed by atoms with Gasteiger partial charge in [-0.2, -0.15) is 0 Å². The fraction of sp³-hybridized carbons (Fsp3) is 0.294. The molecule has 0 saturated carbocycles. The van der Waals surface area contributed by atoms with Crippen molar-refractivity contribution in [3.05, 3.63) is 46.0 Å². The van der Waals surface area contributed by atoms with E-state index in [2.05, 4.69) is 0 Å². The molecule has 0 aliphatic carbocycles. The molecule has 0 unspecified atom stereocenters. The van der Waals surface area contributed by atoms with Crippen molar-refractivity contribution < 1.29 is 18.6 Å². The van der Waals surface area contributed by atoms with Crippen LogP contribution in [0, 0.1) is 34.6 Å². The van der Waals surface area contributed by atoms with Crippen LogP contribution in [-0.2, 0) is 9.84 Å². The Bertz CT molecular complexity index is 865. The van der Waals surface area contributed by atoms with Gasteiger partial charge in [0.15, 0.2) is 0 Å². The summed E-state index contributed by atoms with van der Waals surface area (Å²) in [4.78, 5) is -0.327. The van der Waals surface area contributed by atoms with Gasteiger partial charge >= 0.3 is 0 Å². The normalized spacial score (nSPS) is 11.7. The summed E-state index contributed by atoms with van der Waals surface area (Å²) in [5.41, 5.74) is 3.36. The Hall–Kier alpha value is -2.01. The monoisotopic (exact) mass is 320 g/mol. The molecule has 0 atom stereocenters. The van der Waals surface area contributed by atoms with Gasteiger partial charge in [-0.1, -0.05) is 6.07 Å². The molecule has 2 aromatic carbocycles. The molecule has 2 aromatic rings. The number of aryl methyl sites for hydroxylation is 4. The summed E-state index contributed by atoms with van der Waals surface area (Å²) in [6.07, 6.45) is 0. The Morgan fingerprint density at radius 2 is 1.32 bits per heavy atom. The predicted molar refractivity (Wildman–Crippen MR) is 85.4 cm³/mol. The number of hydrogen-bond donors (Lipinski definition) is 2. The molecular formula is C17H20O4S. The Balaban J connectivity index is 2.83. The number of hydrogen-bond acceptors (Lipinski definition) is 4. The van der Waals surface area contributed by atoms with Crippen molar-refractivity contribution in [2.75, 3.05) is 0 Å². The molecule has 2 rings (SSSR count). The van der Waals surface area contributed by atoms with E-state index in [4.69, 9.17) is 0 Å². The first-order valence-corrected chi connectivity index (χ1v) is 8.40. The van der Waals surface area contributed by atoms with Crippen LogP contribution >= 0.6 is 0 Å². The standard InChI is InChI=1S/C17H20O4S/c1-9-7-14(18)15(8-10(9)2)22(20,21)17-12(4)6-11(3)13(5)16(17)19/h6-8,18-19H,1-5H3. The molecule has 2 N–H and O–H groups in total. The molecule has 0 aromatic heterocycles. The summed E-state index contributed by atoms with van der Waals surface area (Å²) in [6.45, 7) is 8.69. The van der Waals surface area contributed by atoms with Crippen LogP contribution in [0.25, 0.3) is 0 Å². The largest absolute Gasteiger partial charge is 0.507 e. The third kappa shape index (κ3) is 2.46. The molecule has 0 spiro atoms. The second-order valence-corrected chi connectivity index (χ2v) is 7.58. The van der Waals surface area contributed by atoms with E-state index in [1.54, 1.807) is 33.8 Å². The lowest BCUT2D eigenvalue weighted by Gasteiger charge is -2.15. The Morgan fingerprint density at radius 1 is 0.773 bits per heavy atom. The van der Waals surface area contributed by atoms with Crippen LogP contribution in [0.5, 0.6) is 11.5 Å². The number of phenols is 2. The van der Waals surface area contributed by atoms with Crippen LogP contribution < -0.4 is 0 Å². The zero-order valence-corrected chi connectivity index (χ0v) is 14.2. The molecule has 5 heteroatoms. The lowest BCUT2D eigenvalue weighted by molar-refractivity contribution is 0.449. The highest BCUT2D eigenvalue weighted by Gasteiger charge is 2.28. The van der Waals surface area contributed by atoms with E-state index in [-0.39, 0.29) is 21.3 Å². The van der Waals surface area contributed by atoms with Crippen LogP contribution in [0.2, 0.25) is 0 Å². The molecule has 0 bridgehead atoms. The van der Waals surface area contributed by atoms with Gasteiger partial charge in [-0.05, 0) is 74.6 Å². The van der Waals surface area contributed by atoms with E-state index in [0.717, 1.165) is 16.7 Å². The van der Waals surface area contributed by atoms with Gasteiger partial charge in [-0.15, -0.1) is 0 Å². The van der Waals surface area contributed by atoms with Crippen LogP contribution in [0.15, 0.2) is 28.0 Å². The van der Waals surface area contributed by atoms with Crippen molar-refractivity contribution in [2.45, 2.75) is 44.4 Å². The number of benzene rings is 2. The highest BCUT2D eigenvalue weighted by Crippen LogP contribution is 2.39. The average molecular weight is 320 g/mol. The third-order valence-electron chi connectivity index (χ3n) is 4.09. The minimum absolute atomic E-state index is 0.144. The molecule has 0 aliphatic rings. The Labute approximate surface area is 131 Å². The highest BCUT2D eigenvalue weighted by molar-refractivity contribution is 7.91. The van der Waals surface area contributed by atoms with Gasteiger partial charge in [0.1, 0.15) is 21.3 Å². The smallest absolute Gasteiger partial charge is 0.214 e. The fourth-order valence-electron chi connectivity index (χ4n) is 2.48. The van der Waals surface area contributed by atoms with Gasteiger partial charge in [0.25, 0.3) is 0 Å². The minimum Gasteiger partial charge on any atom is -0.507 e. The number of aromatic hydroxyl groups is 2. The van der Waals surface area contributed by atoms with E-state index in [1.807, 2.05) is 6.92 Å². The summed E-state index contributed by atoms with van der Waals surface area (Å²) in [5.74, 6) is -0.560. The zero-order valence-electron chi connectivity index (χ0n) is 13.4. The van der Waals surface area contributed by atoms with E-state index in [9.17, 15) is 18.6 Å². The molecule has 0 heterocycles. The highest BCUT2D eigenvalue weighted by atomic mass is 32.2. The second kappa shape index (κ2) is 5.32. The van der Waals surface area contributed by atoms with E-state index in [1.165, 1.54) is 12.1 Å². The van der Waals surface area contributed by atoms with Gasteiger partial charge in [0, 0.05) is 0 Å². The minimum atomic E-state index is -4.01. The van der Waals surface area contributed by atoms with Gasteiger partial charge in [0.2, 0.25) is 9.84 Å². The maximum Gasteiger partial charge on any atom is 0.214 e. The van der Waals surface area contributed by atoms with Crippen LogP contribution in [0.4, 0.5) is 0 Å². The lowest BCUT2D eigenvalue weighted by Crippen LogP contribution is -2.07. The zero-order chi connectivity index (χ0) is 16.8. The summed E-state index contributed by atoms with van der Waals surface area (Å²) < 4.78 is 25.8. The van der Waals surface area contributed by atoms with Crippen LogP contribution in [-0.4, -0.2) is 18.6 Å². The van der Waals surface area contributed by atoms with E-state index >= 15 is 0 Å². The molecule has 4 nitrogen and oxygen atoms in total. The van der Waals surface area contributed by atoms with Crippen molar-refractivity contribution in [1.82, 2.24) is 0 Å². The van der Waals surface area contributed by atoms with E-state index < -0.39 is 9.84 Å². The molecule has 0 fully saturated rings. The second-order valence-electron chi connectivity index (χ2n) is 5.72. The summed E-state index contributed by atoms with van der Waals surface area (Å²) in [6, 6.07) is 4.59. The molecule has 22 heavy (non-hydrogen) atoms. The fourth-order valence-corrected chi connectivity index (χ4v) is 4.26. The van der Waals surface area contributed by atoms with Gasteiger partial charge < -0.3 is 10.2 Å². The first kappa shape index (κ1) is 16.4. The topological polar surface area (TPSA) is 74.6 Å². The number of phenolic OH excluding ortho intramolecular Hbond substituents is 2. The van der Waals surface area contributed by atoms with Crippen LogP contribution in [0.3, 0.4) is 0 Å². The van der Waals surface area contributed by atoms with Crippen molar-refractivity contribution in [2.24, 2.45) is 0 Å². The molecule has 118 valence electrons. The SMILES string of the molecule is Cc1cc(O)c(S(=O)(=O)c2c(C)cc(C)c(C)c2O)cc1C. The van der Waals surface area contributed by atoms with E-state index in [0.29, 0.717) is 11.1 Å². The number of sulfone groups is 1. The molecular weight excluding hydrogens is 300 g/mol. The van der Waals surface area contributed by atoms with Gasteiger partial charge in [-0.25, -0.2) is 8.42 Å². The first-order valence-electron chi connectivity index (χ1n) is 6.92. The summed E-state index contributed by atoms with van der Waals surface area (Å²) in [7, 11) is -4.01. The van der Waals surface area contributed by atoms with Gasteiger partial charge in [-0.3, -0.25) is 0 Å². The lowest BCUT2D eigenvalue weighted by atomic mass is 10.1. The Kier molecular flexibility index (Phi) is 3.96. The summed E-state index contributed by atoms with van der Waals surface area (Å²) >= 11 is 0. The first-order chi connectivity index (χ1) is 10.1. The van der Waals surface area contributed by atoms with Crippen molar-refractivity contribution in [3.8, 4) is 11.5 Å². The number of rotatable bonds is 2. The predicted octanol–water partition coefficient (Wildman–Crippen LogP) is 3.47. The van der Waals surface area contributed by atoms with Crippen molar-refractivity contribution >= 4 is 9.84 Å². The maximum atomic E-state index is 12.9. The van der Waals surface area contributed by atoms with Gasteiger partial charge in [0.05, 0.1) is 0 Å². The molecule has 0 aliphatic heterocycles. The molecule has 0 amide bonds. The summed E-state index contributed by atoms with van der Waals surface area (Å²) in [5, 5.41) is 20.4. The van der Waals surface area contributed by atoms with Crippen molar-refractivity contribution in [1.29, 1.82) is 0 Å². The van der Waals surface area contributed by atoms with Crippen LogP contribution in [0.1, 0.15) is 27.8 Å². The molecule has 0 saturated heterocycles. The quantitative estimate of drug-likeness (QED) is 0.888. The average Bonchev–Trinajstić information content (AvgIpc) is 2.39. The third-order valence-corrected chi connectivity index (χ3v) is 6.05. The van der Waals surface area contributed by atoms with Crippen molar-refractivity contribution in [3.63, 3.8) is 0 Å².